The summed E-state index contributed by atoms with van der Waals surface area (Å²) < 4.78 is 38.5. The van der Waals surface area contributed by atoms with Gasteiger partial charge in [-0.05, 0) is 38.5 Å². The number of amides is 2. The first-order chi connectivity index (χ1) is 15.1. The van der Waals surface area contributed by atoms with Crippen molar-refractivity contribution < 1.29 is 18.0 Å². The summed E-state index contributed by atoms with van der Waals surface area (Å²) in [6.07, 6.45) is -3.12. The summed E-state index contributed by atoms with van der Waals surface area (Å²) in [6, 6.07) is 7.88. The molecule has 0 bridgehead atoms. The van der Waals surface area contributed by atoms with Gasteiger partial charge in [0.15, 0.2) is 0 Å². The van der Waals surface area contributed by atoms with Gasteiger partial charge in [0.25, 0.3) is 0 Å². The Labute approximate surface area is 187 Å². The Bertz CT molecular complexity index is 1180. The van der Waals surface area contributed by atoms with E-state index < -0.39 is 11.7 Å². The average molecular weight is 464 g/mol. The van der Waals surface area contributed by atoms with E-state index in [-0.39, 0.29) is 22.9 Å². The first-order valence-electron chi connectivity index (χ1n) is 10.0. The molecule has 1 unspecified atom stereocenters. The molecule has 0 radical (unpaired) electrons. The first-order valence-corrected chi connectivity index (χ1v) is 10.4. The minimum Gasteiger partial charge on any atom is -0.353 e. The molecule has 1 fully saturated rings. The van der Waals surface area contributed by atoms with Gasteiger partial charge in [-0.25, -0.2) is 9.78 Å². The molecule has 3 heterocycles. The maximum atomic E-state index is 12.8. The summed E-state index contributed by atoms with van der Waals surface area (Å²) in [5.41, 5.74) is 1.53. The fourth-order valence-corrected chi connectivity index (χ4v) is 4.23. The van der Waals surface area contributed by atoms with E-state index in [1.807, 2.05) is 38.1 Å². The molecule has 2 aromatic heterocycles. The largest absolute Gasteiger partial charge is 0.417 e. The van der Waals surface area contributed by atoms with Crippen molar-refractivity contribution in [3.63, 3.8) is 0 Å². The molecule has 168 valence electrons. The molecule has 2 N–H and O–H groups in total. The lowest BCUT2D eigenvalue weighted by molar-refractivity contribution is -0.137. The molecule has 1 atom stereocenters. The van der Waals surface area contributed by atoms with Crippen molar-refractivity contribution in [3.8, 4) is 0 Å². The molecule has 6 nitrogen and oxygen atoms in total. The number of pyridine rings is 2. The Morgan fingerprint density at radius 2 is 2.00 bits per heavy atom. The molecule has 3 aromatic rings. The van der Waals surface area contributed by atoms with Crippen LogP contribution >= 0.6 is 11.6 Å². The van der Waals surface area contributed by atoms with E-state index in [1.165, 1.54) is 0 Å². The summed E-state index contributed by atoms with van der Waals surface area (Å²) in [4.78, 5) is 22.7. The van der Waals surface area contributed by atoms with Gasteiger partial charge in [-0.15, -0.1) is 0 Å². The lowest BCUT2D eigenvalue weighted by Crippen LogP contribution is -2.39. The van der Waals surface area contributed by atoms with Crippen LogP contribution in [0.2, 0.25) is 5.02 Å². The highest BCUT2D eigenvalue weighted by atomic mass is 35.5. The van der Waals surface area contributed by atoms with Crippen LogP contribution in [0.15, 0.2) is 36.5 Å². The highest BCUT2D eigenvalue weighted by Gasteiger charge is 2.33. The second kappa shape index (κ2) is 8.46. The van der Waals surface area contributed by atoms with E-state index in [1.54, 1.807) is 4.90 Å². The molecule has 4 rings (SSSR count). The van der Waals surface area contributed by atoms with E-state index in [0.29, 0.717) is 25.2 Å². The predicted octanol–water partition coefficient (Wildman–Crippen LogP) is 5.32. The maximum Gasteiger partial charge on any atom is 0.417 e. The number of aromatic nitrogens is 2. The number of benzene rings is 1. The van der Waals surface area contributed by atoms with Crippen molar-refractivity contribution >= 4 is 39.9 Å². The Kier molecular flexibility index (Phi) is 5.85. The highest BCUT2D eigenvalue weighted by molar-refractivity contribution is 6.33. The molecular formula is C22H21ClF3N5O. The molecule has 0 saturated carbocycles. The first kappa shape index (κ1) is 22.1. The number of carbonyl (C=O) groups is 1. The van der Waals surface area contributed by atoms with E-state index in [9.17, 15) is 18.0 Å². The topological polar surface area (TPSA) is 70.2 Å². The highest BCUT2D eigenvalue weighted by Crippen LogP contribution is 2.34. The van der Waals surface area contributed by atoms with Gasteiger partial charge in [-0.2, -0.15) is 13.2 Å². The van der Waals surface area contributed by atoms with Crippen molar-refractivity contribution in [2.75, 3.05) is 23.3 Å². The molecular weight excluding hydrogens is 443 g/mol. The second-order valence-corrected chi connectivity index (χ2v) is 8.21. The number of anilines is 2. The lowest BCUT2D eigenvalue weighted by Gasteiger charge is -2.20. The fourth-order valence-electron chi connectivity index (χ4n) is 3.94. The Balaban J connectivity index is 1.43. The number of aryl methyl sites for hydroxylation is 2. The summed E-state index contributed by atoms with van der Waals surface area (Å²) in [5, 5.41) is 7.61. The molecule has 32 heavy (non-hydrogen) atoms. The number of rotatable bonds is 3. The van der Waals surface area contributed by atoms with Crippen molar-refractivity contribution in [2.24, 2.45) is 0 Å². The van der Waals surface area contributed by atoms with Crippen molar-refractivity contribution in [1.29, 1.82) is 0 Å². The predicted molar refractivity (Wildman–Crippen MR) is 118 cm³/mol. The third-order valence-corrected chi connectivity index (χ3v) is 5.69. The Morgan fingerprint density at radius 1 is 1.22 bits per heavy atom. The molecule has 1 aliphatic rings. The monoisotopic (exact) mass is 463 g/mol. The molecule has 1 aliphatic heterocycles. The zero-order valence-electron chi connectivity index (χ0n) is 17.4. The number of nitrogens with zero attached hydrogens (tertiary/aromatic N) is 3. The van der Waals surface area contributed by atoms with Crippen LogP contribution in [0.5, 0.6) is 0 Å². The number of nitrogens with one attached hydrogen (secondary N) is 2. The Morgan fingerprint density at radius 3 is 2.72 bits per heavy atom. The Hall–Kier alpha value is -3.07. The minimum atomic E-state index is -4.50. The van der Waals surface area contributed by atoms with E-state index in [4.69, 9.17) is 11.6 Å². The van der Waals surface area contributed by atoms with E-state index >= 15 is 0 Å². The minimum absolute atomic E-state index is 0.0694. The fraction of sp³-hybridized carbons (Fsp3) is 0.318. The van der Waals surface area contributed by atoms with Crippen LogP contribution in [0.1, 0.15) is 23.4 Å². The summed E-state index contributed by atoms with van der Waals surface area (Å²) in [5.74, 6) is 0.275. The standard InChI is InChI=1S/C22H21ClF3N5O/c1-12-8-17-16(13(2)28-12)4-3-5-19(17)30-21(32)29-15-6-7-31(11-15)20-18(23)9-14(10-27-20)22(24,25)26/h3-5,8-10,15H,6-7,11H2,1-2H3,(H2,29,30,32). The van der Waals surface area contributed by atoms with E-state index in [0.717, 1.165) is 34.4 Å². The molecule has 2 amide bonds. The van der Waals surface area contributed by atoms with Crippen molar-refractivity contribution in [1.82, 2.24) is 15.3 Å². The second-order valence-electron chi connectivity index (χ2n) is 7.81. The smallest absolute Gasteiger partial charge is 0.353 e. The van der Waals surface area contributed by atoms with Gasteiger partial charge in [-0.3, -0.25) is 4.98 Å². The number of fused-ring (bicyclic) bond motifs is 1. The number of carbonyl (C=O) groups excluding carboxylic acids is 1. The molecule has 1 saturated heterocycles. The maximum absolute atomic E-state index is 12.8. The van der Waals surface area contributed by atoms with Crippen LogP contribution in [-0.4, -0.2) is 35.1 Å². The normalized spacial score (nSPS) is 16.4. The van der Waals surface area contributed by atoms with Gasteiger partial charge >= 0.3 is 12.2 Å². The molecule has 10 heteroatoms. The number of hydrogen-bond acceptors (Lipinski definition) is 4. The third kappa shape index (κ3) is 4.57. The quantitative estimate of drug-likeness (QED) is 0.551. The number of urea groups is 1. The van der Waals surface area contributed by atoms with Crippen LogP contribution < -0.4 is 15.5 Å². The molecule has 0 aliphatic carbocycles. The van der Waals surface area contributed by atoms with Gasteiger partial charge < -0.3 is 15.5 Å². The summed E-state index contributed by atoms with van der Waals surface area (Å²) in [7, 11) is 0. The molecule has 0 spiro atoms. The SMILES string of the molecule is Cc1cc2c(NC(=O)NC3CCN(c4ncc(C(F)(F)F)cc4Cl)C3)cccc2c(C)n1. The van der Waals surface area contributed by atoms with Crippen molar-refractivity contribution in [3.05, 3.63) is 58.5 Å². The van der Waals surface area contributed by atoms with Crippen LogP contribution in [-0.2, 0) is 6.18 Å². The van der Waals surface area contributed by atoms with Crippen LogP contribution in [0.4, 0.5) is 29.5 Å². The van der Waals surface area contributed by atoms with E-state index in [2.05, 4.69) is 20.6 Å². The number of halogens is 4. The average Bonchev–Trinajstić information content (AvgIpc) is 3.15. The van der Waals surface area contributed by atoms with Gasteiger partial charge in [0.1, 0.15) is 5.82 Å². The summed E-state index contributed by atoms with van der Waals surface area (Å²) >= 11 is 6.05. The van der Waals surface area contributed by atoms with Crippen LogP contribution in [0.25, 0.3) is 10.8 Å². The number of hydrogen-bond donors (Lipinski definition) is 2. The van der Waals surface area contributed by atoms with Gasteiger partial charge in [0, 0.05) is 47.5 Å². The van der Waals surface area contributed by atoms with Gasteiger partial charge in [0.2, 0.25) is 0 Å². The van der Waals surface area contributed by atoms with Crippen LogP contribution in [0, 0.1) is 13.8 Å². The van der Waals surface area contributed by atoms with Crippen LogP contribution in [0.3, 0.4) is 0 Å². The van der Waals surface area contributed by atoms with Gasteiger partial charge in [-0.1, -0.05) is 23.7 Å². The summed E-state index contributed by atoms with van der Waals surface area (Å²) in [6.45, 7) is 4.73. The van der Waals surface area contributed by atoms with Crippen molar-refractivity contribution in [2.45, 2.75) is 32.5 Å². The zero-order chi connectivity index (χ0) is 23.0. The molecule has 1 aromatic carbocycles. The van der Waals surface area contributed by atoms with Gasteiger partial charge in [0.05, 0.1) is 16.3 Å². The number of alkyl halides is 3. The lowest BCUT2D eigenvalue weighted by atomic mass is 10.1. The zero-order valence-corrected chi connectivity index (χ0v) is 18.2. The third-order valence-electron chi connectivity index (χ3n) is 5.41.